The van der Waals surface area contributed by atoms with E-state index in [9.17, 15) is 9.59 Å². The SMILES string of the molecule is O=C(CNC(=O)Cc1cccc2ccccc12)NCC1(c2ccccc2)CC1. The molecule has 0 unspecified atom stereocenters. The lowest BCUT2D eigenvalue weighted by Gasteiger charge is -2.16. The summed E-state index contributed by atoms with van der Waals surface area (Å²) in [5.41, 5.74) is 2.32. The molecule has 0 aliphatic heterocycles. The number of hydrogen-bond acceptors (Lipinski definition) is 2. The van der Waals surface area contributed by atoms with Crippen LogP contribution in [0, 0.1) is 0 Å². The van der Waals surface area contributed by atoms with Crippen molar-refractivity contribution < 1.29 is 9.59 Å². The average molecular weight is 372 g/mol. The predicted octanol–water partition coefficient (Wildman–Crippen LogP) is 3.35. The summed E-state index contributed by atoms with van der Waals surface area (Å²) < 4.78 is 0. The second-order valence-electron chi connectivity index (χ2n) is 7.51. The van der Waals surface area contributed by atoms with Crippen LogP contribution in [0.5, 0.6) is 0 Å². The molecule has 0 spiro atoms. The molecule has 0 saturated heterocycles. The zero-order valence-electron chi connectivity index (χ0n) is 15.8. The van der Waals surface area contributed by atoms with Crippen LogP contribution < -0.4 is 10.6 Å². The third-order valence-corrected chi connectivity index (χ3v) is 5.54. The number of nitrogens with one attached hydrogen (secondary N) is 2. The van der Waals surface area contributed by atoms with E-state index in [0.717, 1.165) is 29.2 Å². The van der Waals surface area contributed by atoms with Crippen molar-refractivity contribution in [3.63, 3.8) is 0 Å². The summed E-state index contributed by atoms with van der Waals surface area (Å²) >= 11 is 0. The summed E-state index contributed by atoms with van der Waals surface area (Å²) in [6, 6.07) is 24.2. The normalized spacial score (nSPS) is 14.4. The first-order valence-corrected chi connectivity index (χ1v) is 9.72. The Morgan fingerprint density at radius 1 is 0.786 bits per heavy atom. The molecule has 0 bridgehead atoms. The molecule has 142 valence electrons. The molecule has 2 N–H and O–H groups in total. The van der Waals surface area contributed by atoms with E-state index in [1.807, 2.05) is 60.7 Å². The van der Waals surface area contributed by atoms with Gasteiger partial charge in [0.1, 0.15) is 0 Å². The van der Waals surface area contributed by atoms with Gasteiger partial charge in [-0.3, -0.25) is 9.59 Å². The molecule has 3 aromatic rings. The zero-order valence-corrected chi connectivity index (χ0v) is 15.8. The predicted molar refractivity (Wildman–Crippen MR) is 111 cm³/mol. The van der Waals surface area contributed by atoms with Gasteiger partial charge < -0.3 is 10.6 Å². The van der Waals surface area contributed by atoms with Crippen LogP contribution in [0.1, 0.15) is 24.0 Å². The fourth-order valence-corrected chi connectivity index (χ4v) is 3.70. The van der Waals surface area contributed by atoms with E-state index in [2.05, 4.69) is 22.8 Å². The molecule has 3 aromatic carbocycles. The van der Waals surface area contributed by atoms with Crippen LogP contribution in [0.3, 0.4) is 0 Å². The molecule has 0 atom stereocenters. The molecule has 1 saturated carbocycles. The molecule has 4 heteroatoms. The van der Waals surface area contributed by atoms with Crippen molar-refractivity contribution in [3.8, 4) is 0 Å². The van der Waals surface area contributed by atoms with Gasteiger partial charge in [-0.25, -0.2) is 0 Å². The lowest BCUT2D eigenvalue weighted by Crippen LogP contribution is -2.40. The van der Waals surface area contributed by atoms with Gasteiger partial charge in [0.2, 0.25) is 11.8 Å². The topological polar surface area (TPSA) is 58.2 Å². The van der Waals surface area contributed by atoms with Gasteiger partial charge in [-0.15, -0.1) is 0 Å². The van der Waals surface area contributed by atoms with Gasteiger partial charge in [-0.05, 0) is 34.7 Å². The van der Waals surface area contributed by atoms with Crippen molar-refractivity contribution in [1.82, 2.24) is 10.6 Å². The molecule has 0 radical (unpaired) electrons. The van der Waals surface area contributed by atoms with Crippen LogP contribution in [-0.2, 0) is 21.4 Å². The fourth-order valence-electron chi connectivity index (χ4n) is 3.70. The van der Waals surface area contributed by atoms with Crippen molar-refractivity contribution >= 4 is 22.6 Å². The largest absolute Gasteiger partial charge is 0.354 e. The lowest BCUT2D eigenvalue weighted by atomic mass is 9.96. The third-order valence-electron chi connectivity index (χ3n) is 5.54. The lowest BCUT2D eigenvalue weighted by molar-refractivity contribution is -0.125. The Morgan fingerprint density at radius 2 is 1.50 bits per heavy atom. The molecule has 1 aliphatic carbocycles. The maximum Gasteiger partial charge on any atom is 0.239 e. The second kappa shape index (κ2) is 7.85. The zero-order chi connectivity index (χ0) is 19.4. The van der Waals surface area contributed by atoms with Gasteiger partial charge in [0, 0.05) is 12.0 Å². The molecule has 4 nitrogen and oxygen atoms in total. The third kappa shape index (κ3) is 4.06. The minimum atomic E-state index is -0.145. The summed E-state index contributed by atoms with van der Waals surface area (Å²) in [5, 5.41) is 7.90. The number of carbonyl (C=O) groups excluding carboxylic acids is 2. The van der Waals surface area contributed by atoms with E-state index in [4.69, 9.17) is 0 Å². The van der Waals surface area contributed by atoms with Crippen molar-refractivity contribution in [2.75, 3.05) is 13.1 Å². The molecule has 1 aliphatic rings. The molecule has 2 amide bonds. The van der Waals surface area contributed by atoms with Crippen LogP contribution in [0.25, 0.3) is 10.8 Å². The molecule has 4 rings (SSSR count). The monoisotopic (exact) mass is 372 g/mol. The smallest absolute Gasteiger partial charge is 0.239 e. The number of fused-ring (bicyclic) bond motifs is 1. The van der Waals surface area contributed by atoms with Crippen molar-refractivity contribution in [2.45, 2.75) is 24.7 Å². The van der Waals surface area contributed by atoms with Crippen LogP contribution >= 0.6 is 0 Å². The van der Waals surface area contributed by atoms with E-state index in [-0.39, 0.29) is 30.2 Å². The Bertz CT molecular complexity index is 988. The van der Waals surface area contributed by atoms with Crippen LogP contribution in [0.2, 0.25) is 0 Å². The summed E-state index contributed by atoms with van der Waals surface area (Å²) in [6.45, 7) is 0.628. The highest BCUT2D eigenvalue weighted by Crippen LogP contribution is 2.47. The second-order valence-corrected chi connectivity index (χ2v) is 7.51. The van der Waals surface area contributed by atoms with Crippen molar-refractivity contribution in [3.05, 3.63) is 83.9 Å². The van der Waals surface area contributed by atoms with Gasteiger partial charge in [-0.1, -0.05) is 72.8 Å². The van der Waals surface area contributed by atoms with Crippen LogP contribution in [-0.4, -0.2) is 24.9 Å². The minimum absolute atomic E-state index is 0.00840. The Labute approximate surface area is 165 Å². The molecular formula is C24H24N2O2. The highest BCUT2D eigenvalue weighted by Gasteiger charge is 2.44. The number of rotatable bonds is 7. The highest BCUT2D eigenvalue weighted by atomic mass is 16.2. The Hall–Kier alpha value is -3.14. The van der Waals surface area contributed by atoms with Crippen LogP contribution in [0.4, 0.5) is 0 Å². The summed E-state index contributed by atoms with van der Waals surface area (Å²) in [6.07, 6.45) is 2.44. The molecule has 0 aromatic heterocycles. The minimum Gasteiger partial charge on any atom is -0.354 e. The number of amides is 2. The van der Waals surface area contributed by atoms with Gasteiger partial charge >= 0.3 is 0 Å². The van der Waals surface area contributed by atoms with Crippen molar-refractivity contribution in [2.24, 2.45) is 0 Å². The maximum atomic E-state index is 12.3. The van der Waals surface area contributed by atoms with Gasteiger partial charge in [0.05, 0.1) is 13.0 Å². The molecule has 28 heavy (non-hydrogen) atoms. The van der Waals surface area contributed by atoms with Gasteiger partial charge in [-0.2, -0.15) is 0 Å². The Balaban J connectivity index is 1.27. The number of carbonyl (C=O) groups is 2. The molecule has 0 heterocycles. The Morgan fingerprint density at radius 3 is 2.29 bits per heavy atom. The molecule has 1 fully saturated rings. The number of hydrogen-bond donors (Lipinski definition) is 2. The van der Waals surface area contributed by atoms with Gasteiger partial charge in [0.25, 0.3) is 0 Å². The standard InChI is InChI=1S/C24H24N2O2/c27-22(15-19-9-6-8-18-7-4-5-12-21(18)19)25-16-23(28)26-17-24(13-14-24)20-10-2-1-3-11-20/h1-12H,13-17H2,(H,25,27)(H,26,28). The highest BCUT2D eigenvalue weighted by molar-refractivity contribution is 5.91. The summed E-state index contributed by atoms with van der Waals surface area (Å²) in [4.78, 5) is 24.5. The van der Waals surface area contributed by atoms with Crippen LogP contribution in [0.15, 0.2) is 72.8 Å². The quantitative estimate of drug-likeness (QED) is 0.668. The first-order chi connectivity index (χ1) is 13.7. The molecular weight excluding hydrogens is 348 g/mol. The summed E-state index contributed by atoms with van der Waals surface area (Å²) in [7, 11) is 0. The number of benzene rings is 3. The maximum absolute atomic E-state index is 12.3. The van der Waals surface area contributed by atoms with E-state index in [1.54, 1.807) is 0 Å². The fraction of sp³-hybridized carbons (Fsp3) is 0.250. The first kappa shape index (κ1) is 18.2. The first-order valence-electron chi connectivity index (χ1n) is 9.72. The van der Waals surface area contributed by atoms with E-state index in [1.165, 1.54) is 5.56 Å². The Kier molecular flexibility index (Phi) is 5.11. The summed E-state index contributed by atoms with van der Waals surface area (Å²) in [5.74, 6) is -0.288. The van der Waals surface area contributed by atoms with Crippen molar-refractivity contribution in [1.29, 1.82) is 0 Å². The van der Waals surface area contributed by atoms with E-state index < -0.39 is 0 Å². The average Bonchev–Trinajstić information content (AvgIpc) is 3.53. The van der Waals surface area contributed by atoms with E-state index in [0.29, 0.717) is 6.54 Å². The van der Waals surface area contributed by atoms with Gasteiger partial charge in [0.15, 0.2) is 0 Å². The van der Waals surface area contributed by atoms with E-state index >= 15 is 0 Å².